The molecule has 2 aromatic carbocycles. The van der Waals surface area contributed by atoms with E-state index < -0.39 is 0 Å². The molecule has 2 aromatic rings. The van der Waals surface area contributed by atoms with Gasteiger partial charge in [-0.1, -0.05) is 49.2 Å². The maximum absolute atomic E-state index is 13.9. The van der Waals surface area contributed by atoms with E-state index in [1.807, 2.05) is 6.07 Å². The molecule has 0 aromatic heterocycles. The summed E-state index contributed by atoms with van der Waals surface area (Å²) in [5, 5.41) is 5.91. The van der Waals surface area contributed by atoms with Gasteiger partial charge in [-0.2, -0.15) is 0 Å². The third-order valence-corrected chi connectivity index (χ3v) is 6.16. The Kier molecular flexibility index (Phi) is 5.48. The molecule has 1 heterocycles. The van der Waals surface area contributed by atoms with Crippen LogP contribution in [0.1, 0.15) is 48.0 Å². The van der Waals surface area contributed by atoms with E-state index in [1.165, 1.54) is 24.2 Å². The predicted molar refractivity (Wildman–Crippen MR) is 110 cm³/mol. The van der Waals surface area contributed by atoms with Crippen LogP contribution in [0.3, 0.4) is 0 Å². The number of anilines is 1. The highest BCUT2D eigenvalue weighted by Crippen LogP contribution is 2.39. The zero-order chi connectivity index (χ0) is 19.5. The van der Waals surface area contributed by atoms with Crippen LogP contribution in [-0.4, -0.2) is 17.9 Å². The van der Waals surface area contributed by atoms with Crippen LogP contribution in [-0.2, 0) is 4.79 Å². The summed E-state index contributed by atoms with van der Waals surface area (Å²) in [6, 6.07) is 11.9. The van der Waals surface area contributed by atoms with Gasteiger partial charge in [0.15, 0.2) is 0 Å². The molecule has 0 radical (unpaired) electrons. The number of hydrogen-bond donors (Lipinski definition) is 2. The summed E-state index contributed by atoms with van der Waals surface area (Å²) in [4.78, 5) is 26.2. The zero-order valence-corrected chi connectivity index (χ0v) is 16.2. The average molecular weight is 396 g/mol. The lowest BCUT2D eigenvalue weighted by Crippen LogP contribution is -2.36. The number of benzene rings is 2. The topological polar surface area (TPSA) is 58.2 Å². The minimum Gasteiger partial charge on any atom is -0.349 e. The van der Waals surface area contributed by atoms with Crippen LogP contribution < -0.4 is 10.6 Å². The Morgan fingerprint density at radius 3 is 2.71 bits per heavy atom. The van der Waals surface area contributed by atoms with E-state index >= 15 is 0 Å². The molecule has 28 heavy (non-hydrogen) atoms. The molecular formula is C22H21FN2O2S. The van der Waals surface area contributed by atoms with Crippen molar-refractivity contribution in [3.8, 4) is 0 Å². The first kappa shape index (κ1) is 18.7. The van der Waals surface area contributed by atoms with Crippen LogP contribution in [0.4, 0.5) is 10.1 Å². The normalized spacial score (nSPS) is 18.5. The van der Waals surface area contributed by atoms with E-state index in [1.54, 1.807) is 36.4 Å². The van der Waals surface area contributed by atoms with Gasteiger partial charge in [-0.25, -0.2) is 4.39 Å². The second-order valence-corrected chi connectivity index (χ2v) is 8.19. The summed E-state index contributed by atoms with van der Waals surface area (Å²) in [5.41, 5.74) is 1.51. The number of thioether (sulfide) groups is 1. The van der Waals surface area contributed by atoms with Crippen LogP contribution in [0.15, 0.2) is 52.3 Å². The molecule has 0 spiro atoms. The number of fused-ring (bicyclic) bond motifs is 1. The third-order valence-electron chi connectivity index (χ3n) is 5.07. The molecule has 0 saturated heterocycles. The van der Waals surface area contributed by atoms with Crippen molar-refractivity contribution in [2.45, 2.75) is 43.0 Å². The number of amides is 2. The maximum atomic E-state index is 13.9. The van der Waals surface area contributed by atoms with Gasteiger partial charge in [0.2, 0.25) is 0 Å². The summed E-state index contributed by atoms with van der Waals surface area (Å²) >= 11 is 1.28. The number of nitrogens with one attached hydrogen (secondary N) is 2. The van der Waals surface area contributed by atoms with Gasteiger partial charge in [0, 0.05) is 22.1 Å². The van der Waals surface area contributed by atoms with Crippen LogP contribution in [0.2, 0.25) is 0 Å². The monoisotopic (exact) mass is 396 g/mol. The predicted octanol–water partition coefficient (Wildman–Crippen LogP) is 4.97. The van der Waals surface area contributed by atoms with Crippen molar-refractivity contribution in [1.29, 1.82) is 0 Å². The third kappa shape index (κ3) is 4.12. The minimum absolute atomic E-state index is 0.110. The number of rotatable bonds is 3. The fraction of sp³-hybridized carbons (Fsp3) is 0.273. The molecule has 0 unspecified atom stereocenters. The summed E-state index contributed by atoms with van der Waals surface area (Å²) < 4.78 is 13.9. The molecule has 0 atom stereocenters. The summed E-state index contributed by atoms with van der Waals surface area (Å²) in [7, 11) is 0. The fourth-order valence-corrected chi connectivity index (χ4v) is 4.47. The molecular weight excluding hydrogens is 375 g/mol. The minimum atomic E-state index is -0.371. The fourth-order valence-electron chi connectivity index (χ4n) is 3.55. The molecule has 4 rings (SSSR count). The SMILES string of the molecule is O=C1Nc2cc(C(=O)NC3CCCCC3)ccc2S/C1=C/c1ccccc1F. The molecule has 1 aliphatic heterocycles. The van der Waals surface area contributed by atoms with Crippen molar-refractivity contribution in [1.82, 2.24) is 5.32 Å². The Hall–Kier alpha value is -2.60. The molecule has 2 aliphatic rings. The second-order valence-electron chi connectivity index (χ2n) is 7.11. The first-order valence-electron chi connectivity index (χ1n) is 9.50. The van der Waals surface area contributed by atoms with E-state index in [4.69, 9.17) is 0 Å². The Morgan fingerprint density at radius 1 is 1.14 bits per heavy atom. The molecule has 4 nitrogen and oxygen atoms in total. The van der Waals surface area contributed by atoms with Crippen molar-refractivity contribution in [3.05, 3.63) is 64.3 Å². The number of carbonyl (C=O) groups is 2. The first-order chi connectivity index (χ1) is 13.6. The lowest BCUT2D eigenvalue weighted by Gasteiger charge is -2.23. The second kappa shape index (κ2) is 8.19. The van der Waals surface area contributed by atoms with Crippen LogP contribution >= 0.6 is 11.8 Å². The van der Waals surface area contributed by atoms with Crippen molar-refractivity contribution >= 4 is 35.3 Å². The van der Waals surface area contributed by atoms with E-state index in [9.17, 15) is 14.0 Å². The molecule has 2 amide bonds. The van der Waals surface area contributed by atoms with Crippen molar-refractivity contribution in [2.75, 3.05) is 5.32 Å². The Morgan fingerprint density at radius 2 is 1.93 bits per heavy atom. The highest BCUT2D eigenvalue weighted by molar-refractivity contribution is 8.04. The lowest BCUT2D eigenvalue weighted by molar-refractivity contribution is -0.112. The van der Waals surface area contributed by atoms with Gasteiger partial charge in [0.25, 0.3) is 11.8 Å². The highest BCUT2D eigenvalue weighted by Gasteiger charge is 2.23. The standard InChI is InChI=1S/C22H21FN2O2S/c23-17-9-5-4-6-14(17)13-20-22(27)25-18-12-15(10-11-19(18)28-20)21(26)24-16-7-2-1-3-8-16/h4-6,9-13,16H,1-3,7-8H2,(H,24,26)(H,25,27)/b20-13+. The summed E-state index contributed by atoms with van der Waals surface area (Å²) in [6.07, 6.45) is 7.12. The molecule has 6 heteroatoms. The Balaban J connectivity index is 1.52. The van der Waals surface area contributed by atoms with Gasteiger partial charge in [-0.3, -0.25) is 9.59 Å². The number of carbonyl (C=O) groups excluding carboxylic acids is 2. The van der Waals surface area contributed by atoms with E-state index in [-0.39, 0.29) is 23.7 Å². The van der Waals surface area contributed by atoms with Gasteiger partial charge < -0.3 is 10.6 Å². The van der Waals surface area contributed by atoms with E-state index in [0.29, 0.717) is 21.7 Å². The molecule has 144 valence electrons. The summed E-state index contributed by atoms with van der Waals surface area (Å²) in [6.45, 7) is 0. The van der Waals surface area contributed by atoms with Gasteiger partial charge in [-0.15, -0.1) is 0 Å². The highest BCUT2D eigenvalue weighted by atomic mass is 32.2. The number of hydrogen-bond acceptors (Lipinski definition) is 3. The van der Waals surface area contributed by atoms with Crippen molar-refractivity contribution in [2.24, 2.45) is 0 Å². The van der Waals surface area contributed by atoms with E-state index in [2.05, 4.69) is 10.6 Å². The number of halogens is 1. The van der Waals surface area contributed by atoms with Crippen LogP contribution in [0.25, 0.3) is 6.08 Å². The lowest BCUT2D eigenvalue weighted by atomic mass is 9.95. The zero-order valence-electron chi connectivity index (χ0n) is 15.3. The van der Waals surface area contributed by atoms with Crippen molar-refractivity contribution in [3.63, 3.8) is 0 Å². The van der Waals surface area contributed by atoms with Crippen LogP contribution in [0.5, 0.6) is 0 Å². The Labute approximate surface area is 167 Å². The Bertz CT molecular complexity index is 951. The maximum Gasteiger partial charge on any atom is 0.262 e. The smallest absolute Gasteiger partial charge is 0.262 e. The summed E-state index contributed by atoms with van der Waals surface area (Å²) in [5.74, 6) is -0.781. The van der Waals surface area contributed by atoms with Gasteiger partial charge in [-0.05, 0) is 43.2 Å². The van der Waals surface area contributed by atoms with Gasteiger partial charge >= 0.3 is 0 Å². The largest absolute Gasteiger partial charge is 0.349 e. The molecule has 1 saturated carbocycles. The van der Waals surface area contributed by atoms with Crippen molar-refractivity contribution < 1.29 is 14.0 Å². The van der Waals surface area contributed by atoms with Crippen LogP contribution in [0, 0.1) is 5.82 Å². The van der Waals surface area contributed by atoms with E-state index in [0.717, 1.165) is 30.6 Å². The first-order valence-corrected chi connectivity index (χ1v) is 10.3. The quantitative estimate of drug-likeness (QED) is 0.720. The van der Waals surface area contributed by atoms with Gasteiger partial charge in [0.1, 0.15) is 5.82 Å². The molecule has 0 bridgehead atoms. The molecule has 1 fully saturated rings. The average Bonchev–Trinajstić information content (AvgIpc) is 2.70. The molecule has 2 N–H and O–H groups in total. The van der Waals surface area contributed by atoms with Gasteiger partial charge in [0.05, 0.1) is 10.6 Å². The molecule has 1 aliphatic carbocycles.